The Hall–Kier alpha value is -2.76. The van der Waals surface area contributed by atoms with E-state index in [-0.39, 0.29) is 17.7 Å². The monoisotopic (exact) mass is 369 g/mol. The van der Waals surface area contributed by atoms with Crippen LogP contribution >= 0.6 is 11.3 Å². The largest absolute Gasteiger partial charge is 0.352 e. The van der Waals surface area contributed by atoms with Gasteiger partial charge in [0.2, 0.25) is 11.0 Å². The molecular weight excluding hydrogens is 350 g/mol. The molecule has 2 amide bonds. The summed E-state index contributed by atoms with van der Waals surface area (Å²) >= 11 is 1.26. The first-order valence-electron chi connectivity index (χ1n) is 8.43. The number of aromatic nitrogens is 1. The van der Waals surface area contributed by atoms with Crippen LogP contribution in [-0.4, -0.2) is 36.4 Å². The fourth-order valence-corrected chi connectivity index (χ4v) is 3.69. The normalized spacial score (nSPS) is 16.1. The standard InChI is InChI=1S/C18H19N5O2S/c1-2-21-16(24)13-5-3-4-12(8-13)15-10-22-18(26-15)23(11-19)17(25)14-6-7-20-9-14/h3-5,8,10,14,20H,2,6-7,9H2,1H3,(H,21,24)/t14-/m0/s1. The van der Waals surface area contributed by atoms with Gasteiger partial charge in [-0.2, -0.15) is 10.2 Å². The highest BCUT2D eigenvalue weighted by Crippen LogP contribution is 2.32. The molecule has 1 saturated heterocycles. The van der Waals surface area contributed by atoms with Crippen molar-refractivity contribution in [3.63, 3.8) is 0 Å². The second kappa shape index (κ2) is 8.08. The van der Waals surface area contributed by atoms with E-state index in [1.807, 2.05) is 19.2 Å². The lowest BCUT2D eigenvalue weighted by molar-refractivity contribution is -0.121. The molecule has 2 heterocycles. The van der Waals surface area contributed by atoms with Gasteiger partial charge in [-0.1, -0.05) is 23.5 Å². The van der Waals surface area contributed by atoms with Crippen LogP contribution in [0.15, 0.2) is 30.5 Å². The van der Waals surface area contributed by atoms with Gasteiger partial charge in [0.05, 0.1) is 10.8 Å². The summed E-state index contributed by atoms with van der Waals surface area (Å²) in [5, 5.41) is 15.7. The number of anilines is 1. The van der Waals surface area contributed by atoms with Gasteiger partial charge in [-0.3, -0.25) is 9.59 Å². The van der Waals surface area contributed by atoms with Crippen molar-refractivity contribution >= 4 is 28.3 Å². The van der Waals surface area contributed by atoms with E-state index in [1.165, 1.54) is 11.3 Å². The highest BCUT2D eigenvalue weighted by molar-refractivity contribution is 7.19. The van der Waals surface area contributed by atoms with Gasteiger partial charge in [-0.05, 0) is 37.6 Å². The van der Waals surface area contributed by atoms with Crippen molar-refractivity contribution in [1.29, 1.82) is 5.26 Å². The Morgan fingerprint density at radius 2 is 2.35 bits per heavy atom. The molecule has 0 unspecified atom stereocenters. The molecule has 0 spiro atoms. The summed E-state index contributed by atoms with van der Waals surface area (Å²) in [5.74, 6) is -0.556. The lowest BCUT2D eigenvalue weighted by atomic mass is 10.1. The molecule has 0 saturated carbocycles. The fourth-order valence-electron chi connectivity index (χ4n) is 2.81. The van der Waals surface area contributed by atoms with Gasteiger partial charge in [0.25, 0.3) is 5.91 Å². The molecule has 1 aliphatic rings. The Bertz CT molecular complexity index is 851. The van der Waals surface area contributed by atoms with Crippen molar-refractivity contribution in [2.75, 3.05) is 24.5 Å². The van der Waals surface area contributed by atoms with Crippen molar-refractivity contribution in [2.45, 2.75) is 13.3 Å². The highest BCUT2D eigenvalue weighted by Gasteiger charge is 2.29. The van der Waals surface area contributed by atoms with Gasteiger partial charge >= 0.3 is 0 Å². The summed E-state index contributed by atoms with van der Waals surface area (Å²) < 4.78 is 0. The first-order chi connectivity index (χ1) is 12.6. The molecule has 0 bridgehead atoms. The van der Waals surface area contributed by atoms with Gasteiger partial charge in [0, 0.05) is 24.8 Å². The summed E-state index contributed by atoms with van der Waals surface area (Å²) in [6.07, 6.45) is 4.30. The van der Waals surface area contributed by atoms with Gasteiger partial charge in [0.15, 0.2) is 6.19 Å². The Labute approximate surface area is 155 Å². The Morgan fingerprint density at radius 1 is 1.50 bits per heavy atom. The average molecular weight is 369 g/mol. The molecule has 0 aliphatic carbocycles. The van der Waals surface area contributed by atoms with Crippen LogP contribution < -0.4 is 15.5 Å². The van der Waals surface area contributed by atoms with Crippen molar-refractivity contribution in [2.24, 2.45) is 5.92 Å². The summed E-state index contributed by atoms with van der Waals surface area (Å²) in [6, 6.07) is 7.20. The van der Waals surface area contributed by atoms with E-state index < -0.39 is 0 Å². The molecule has 1 atom stereocenters. The fraction of sp³-hybridized carbons (Fsp3) is 0.333. The van der Waals surface area contributed by atoms with Crippen LogP contribution in [0.2, 0.25) is 0 Å². The summed E-state index contributed by atoms with van der Waals surface area (Å²) in [6.45, 7) is 3.79. The zero-order valence-corrected chi connectivity index (χ0v) is 15.2. The lowest BCUT2D eigenvalue weighted by Gasteiger charge is -2.14. The van der Waals surface area contributed by atoms with Crippen LogP contribution in [0, 0.1) is 17.4 Å². The number of nitrogens with one attached hydrogen (secondary N) is 2. The maximum Gasteiger partial charge on any atom is 0.251 e. The van der Waals surface area contributed by atoms with Crippen molar-refractivity contribution in [1.82, 2.24) is 15.6 Å². The zero-order valence-electron chi connectivity index (χ0n) is 14.4. The third-order valence-electron chi connectivity index (χ3n) is 4.16. The molecular formula is C18H19N5O2S. The number of hydrogen-bond acceptors (Lipinski definition) is 6. The van der Waals surface area contributed by atoms with Crippen LogP contribution in [0.4, 0.5) is 5.13 Å². The number of rotatable bonds is 5. The first-order valence-corrected chi connectivity index (χ1v) is 9.24. The molecule has 1 aromatic heterocycles. The second-order valence-electron chi connectivity index (χ2n) is 5.91. The predicted molar refractivity (Wildman–Crippen MR) is 99.6 cm³/mol. The number of amides is 2. The summed E-state index contributed by atoms with van der Waals surface area (Å²) in [4.78, 5) is 30.6. The SMILES string of the molecule is CCNC(=O)c1cccc(-c2cnc(N(C#N)C(=O)[C@H]3CCNC3)s2)c1. The maximum absolute atomic E-state index is 12.5. The first kappa shape index (κ1) is 18.0. The third-order valence-corrected chi connectivity index (χ3v) is 5.19. The van der Waals surface area contributed by atoms with Gasteiger partial charge in [0.1, 0.15) is 0 Å². The number of carbonyl (C=O) groups is 2. The van der Waals surface area contributed by atoms with E-state index in [4.69, 9.17) is 0 Å². The minimum absolute atomic E-state index is 0.137. The third kappa shape index (κ3) is 3.74. The van der Waals surface area contributed by atoms with E-state index >= 15 is 0 Å². The zero-order chi connectivity index (χ0) is 18.5. The van der Waals surface area contributed by atoms with E-state index in [1.54, 1.807) is 24.4 Å². The molecule has 2 N–H and O–H groups in total. The smallest absolute Gasteiger partial charge is 0.251 e. The maximum atomic E-state index is 12.5. The quantitative estimate of drug-likeness (QED) is 0.620. The van der Waals surface area contributed by atoms with Crippen molar-refractivity contribution in [3.8, 4) is 16.6 Å². The second-order valence-corrected chi connectivity index (χ2v) is 6.92. The molecule has 8 heteroatoms. The molecule has 1 aromatic carbocycles. The highest BCUT2D eigenvalue weighted by atomic mass is 32.1. The number of nitriles is 1. The van der Waals surface area contributed by atoms with E-state index in [0.29, 0.717) is 23.8 Å². The lowest BCUT2D eigenvalue weighted by Crippen LogP contribution is -2.33. The molecule has 7 nitrogen and oxygen atoms in total. The van der Waals surface area contributed by atoms with E-state index in [0.717, 1.165) is 28.3 Å². The Balaban J connectivity index is 1.83. The Morgan fingerprint density at radius 3 is 3.04 bits per heavy atom. The number of hydrogen-bond donors (Lipinski definition) is 2. The molecule has 3 rings (SSSR count). The van der Waals surface area contributed by atoms with Gasteiger partial charge in [-0.15, -0.1) is 0 Å². The molecule has 2 aromatic rings. The Kier molecular flexibility index (Phi) is 5.61. The molecule has 1 fully saturated rings. The summed E-state index contributed by atoms with van der Waals surface area (Å²) in [5.41, 5.74) is 1.38. The number of thiazole rings is 1. The van der Waals surface area contributed by atoms with Gasteiger partial charge < -0.3 is 10.6 Å². The minimum atomic E-state index is -0.227. The van der Waals surface area contributed by atoms with Crippen molar-refractivity contribution in [3.05, 3.63) is 36.0 Å². The topological polar surface area (TPSA) is 98.1 Å². The molecule has 0 radical (unpaired) electrons. The van der Waals surface area contributed by atoms with Crippen molar-refractivity contribution < 1.29 is 9.59 Å². The molecule has 26 heavy (non-hydrogen) atoms. The van der Waals surface area contributed by atoms with Crippen LogP contribution in [0.5, 0.6) is 0 Å². The summed E-state index contributed by atoms with van der Waals surface area (Å²) in [7, 11) is 0. The number of benzene rings is 1. The molecule has 134 valence electrons. The average Bonchev–Trinajstić information content (AvgIpc) is 3.35. The molecule has 1 aliphatic heterocycles. The minimum Gasteiger partial charge on any atom is -0.352 e. The number of carbonyl (C=O) groups excluding carboxylic acids is 2. The van der Waals surface area contributed by atoms with Crippen LogP contribution in [0.1, 0.15) is 23.7 Å². The van der Waals surface area contributed by atoms with Crippen LogP contribution in [0.25, 0.3) is 10.4 Å². The van der Waals surface area contributed by atoms with E-state index in [2.05, 4.69) is 15.6 Å². The van der Waals surface area contributed by atoms with Crippen LogP contribution in [0.3, 0.4) is 0 Å². The van der Waals surface area contributed by atoms with Crippen LogP contribution in [-0.2, 0) is 4.79 Å². The number of nitrogens with zero attached hydrogens (tertiary/aromatic N) is 3. The van der Waals surface area contributed by atoms with Gasteiger partial charge in [-0.25, -0.2) is 4.98 Å². The predicted octanol–water partition coefficient (Wildman–Crippen LogP) is 1.98. The van der Waals surface area contributed by atoms with E-state index in [9.17, 15) is 14.9 Å².